The Morgan fingerprint density at radius 2 is 1.84 bits per heavy atom. The molecule has 0 spiro atoms. The van der Waals surface area contributed by atoms with Gasteiger partial charge in [-0.25, -0.2) is 0 Å². The molecule has 0 atom stereocenters. The van der Waals surface area contributed by atoms with Crippen LogP contribution in [0.2, 0.25) is 0 Å². The van der Waals surface area contributed by atoms with Crippen LogP contribution in [0.25, 0.3) is 10.8 Å². The molecule has 0 radical (unpaired) electrons. The largest absolute Gasteiger partial charge is 0.496 e. The fourth-order valence-electron chi connectivity index (χ4n) is 2.32. The first-order valence-corrected chi connectivity index (χ1v) is 6.64. The van der Waals surface area contributed by atoms with E-state index in [1.165, 1.54) is 16.3 Å². The van der Waals surface area contributed by atoms with Crippen molar-refractivity contribution < 1.29 is 4.74 Å². The molecule has 0 aliphatic carbocycles. The van der Waals surface area contributed by atoms with Crippen LogP contribution in [-0.4, -0.2) is 39.2 Å². The minimum absolute atomic E-state index is 0.942. The summed E-state index contributed by atoms with van der Waals surface area (Å²) in [6.45, 7) is 2.99. The standard InChI is InChI=1S/C16H22N2O/c1-17-10-11-18(2)12-13-8-9-16(19-3)15-7-5-4-6-14(13)15/h4-9,17H,10-12H2,1-3H3. The molecule has 0 bridgehead atoms. The van der Waals surface area contributed by atoms with Gasteiger partial charge in [-0.2, -0.15) is 0 Å². The number of benzene rings is 2. The van der Waals surface area contributed by atoms with Crippen LogP contribution < -0.4 is 10.1 Å². The zero-order valence-corrected chi connectivity index (χ0v) is 11.9. The Morgan fingerprint density at radius 3 is 2.53 bits per heavy atom. The molecule has 0 saturated carbocycles. The summed E-state index contributed by atoms with van der Waals surface area (Å²) in [7, 11) is 5.85. The Bertz CT molecular complexity index is 539. The van der Waals surface area contributed by atoms with Gasteiger partial charge in [0.25, 0.3) is 0 Å². The minimum Gasteiger partial charge on any atom is -0.496 e. The molecule has 3 heteroatoms. The number of nitrogens with zero attached hydrogens (tertiary/aromatic N) is 1. The Kier molecular flexibility index (Phi) is 4.77. The maximum atomic E-state index is 5.43. The normalized spacial score (nSPS) is 11.2. The predicted molar refractivity (Wildman–Crippen MR) is 80.8 cm³/mol. The van der Waals surface area contributed by atoms with Crippen molar-refractivity contribution in [2.45, 2.75) is 6.54 Å². The van der Waals surface area contributed by atoms with E-state index in [0.717, 1.165) is 25.4 Å². The lowest BCUT2D eigenvalue weighted by Gasteiger charge is -2.18. The van der Waals surface area contributed by atoms with Gasteiger partial charge in [-0.05, 0) is 31.1 Å². The van der Waals surface area contributed by atoms with E-state index in [1.54, 1.807) is 7.11 Å². The highest BCUT2D eigenvalue weighted by molar-refractivity contribution is 5.91. The summed E-state index contributed by atoms with van der Waals surface area (Å²) >= 11 is 0. The molecular weight excluding hydrogens is 236 g/mol. The third-order valence-corrected chi connectivity index (χ3v) is 3.38. The van der Waals surface area contributed by atoms with Gasteiger partial charge in [-0.1, -0.05) is 30.3 Å². The van der Waals surface area contributed by atoms with Crippen molar-refractivity contribution in [2.75, 3.05) is 34.3 Å². The van der Waals surface area contributed by atoms with Crippen LogP contribution in [0.5, 0.6) is 5.75 Å². The van der Waals surface area contributed by atoms with Crippen molar-refractivity contribution in [3.05, 3.63) is 42.0 Å². The highest BCUT2D eigenvalue weighted by atomic mass is 16.5. The second kappa shape index (κ2) is 6.55. The second-order valence-corrected chi connectivity index (χ2v) is 4.81. The minimum atomic E-state index is 0.942. The Hall–Kier alpha value is -1.58. The van der Waals surface area contributed by atoms with Crippen molar-refractivity contribution in [2.24, 2.45) is 0 Å². The first-order valence-electron chi connectivity index (χ1n) is 6.64. The van der Waals surface area contributed by atoms with Crippen LogP contribution >= 0.6 is 0 Å². The van der Waals surface area contributed by atoms with E-state index in [9.17, 15) is 0 Å². The van der Waals surface area contributed by atoms with Gasteiger partial charge in [0.05, 0.1) is 7.11 Å². The molecule has 0 unspecified atom stereocenters. The summed E-state index contributed by atoms with van der Waals surface area (Å²) in [5.74, 6) is 0.942. The number of hydrogen-bond acceptors (Lipinski definition) is 3. The van der Waals surface area contributed by atoms with Crippen molar-refractivity contribution in [3.8, 4) is 5.75 Å². The van der Waals surface area contributed by atoms with Crippen LogP contribution in [-0.2, 0) is 6.54 Å². The summed E-state index contributed by atoms with van der Waals surface area (Å²) in [5.41, 5.74) is 1.34. The first kappa shape index (κ1) is 13.8. The van der Waals surface area contributed by atoms with E-state index in [2.05, 4.69) is 53.7 Å². The first-order chi connectivity index (χ1) is 9.26. The van der Waals surface area contributed by atoms with Gasteiger partial charge >= 0.3 is 0 Å². The molecule has 0 saturated heterocycles. The average Bonchev–Trinajstić information content (AvgIpc) is 2.45. The molecule has 1 N–H and O–H groups in total. The summed E-state index contributed by atoms with van der Waals surface area (Å²) in [4.78, 5) is 2.32. The van der Waals surface area contributed by atoms with Crippen LogP contribution in [0.1, 0.15) is 5.56 Å². The second-order valence-electron chi connectivity index (χ2n) is 4.81. The summed E-state index contributed by atoms with van der Waals surface area (Å²) in [5, 5.41) is 5.64. The van der Waals surface area contributed by atoms with Gasteiger partial charge < -0.3 is 15.0 Å². The monoisotopic (exact) mass is 258 g/mol. The number of hydrogen-bond donors (Lipinski definition) is 1. The fraction of sp³-hybridized carbons (Fsp3) is 0.375. The topological polar surface area (TPSA) is 24.5 Å². The number of fused-ring (bicyclic) bond motifs is 1. The number of methoxy groups -OCH3 is 1. The molecular formula is C16H22N2O. The molecule has 0 heterocycles. The maximum Gasteiger partial charge on any atom is 0.126 e. The van der Waals surface area contributed by atoms with Crippen LogP contribution in [0.15, 0.2) is 36.4 Å². The number of likely N-dealkylation sites (N-methyl/N-ethyl adjacent to an activating group) is 2. The highest BCUT2D eigenvalue weighted by Gasteiger charge is 2.07. The van der Waals surface area contributed by atoms with E-state index < -0.39 is 0 Å². The lowest BCUT2D eigenvalue weighted by molar-refractivity contribution is 0.329. The number of nitrogens with one attached hydrogen (secondary N) is 1. The Morgan fingerprint density at radius 1 is 1.11 bits per heavy atom. The molecule has 3 nitrogen and oxygen atoms in total. The maximum absolute atomic E-state index is 5.43. The molecule has 19 heavy (non-hydrogen) atoms. The van der Waals surface area contributed by atoms with Gasteiger partial charge in [0.2, 0.25) is 0 Å². The molecule has 0 aliphatic rings. The van der Waals surface area contributed by atoms with E-state index in [4.69, 9.17) is 4.74 Å². The summed E-state index contributed by atoms with van der Waals surface area (Å²) in [6, 6.07) is 12.6. The molecule has 2 aromatic rings. The van der Waals surface area contributed by atoms with E-state index >= 15 is 0 Å². The van der Waals surface area contributed by atoms with Crippen molar-refractivity contribution >= 4 is 10.8 Å². The Labute approximate surface area is 115 Å². The zero-order chi connectivity index (χ0) is 13.7. The lowest BCUT2D eigenvalue weighted by Crippen LogP contribution is -2.27. The van der Waals surface area contributed by atoms with Crippen molar-refractivity contribution in [1.29, 1.82) is 0 Å². The van der Waals surface area contributed by atoms with E-state index in [-0.39, 0.29) is 0 Å². The summed E-state index contributed by atoms with van der Waals surface area (Å²) < 4.78 is 5.43. The fourth-order valence-corrected chi connectivity index (χ4v) is 2.32. The van der Waals surface area contributed by atoms with E-state index in [0.29, 0.717) is 0 Å². The van der Waals surface area contributed by atoms with Gasteiger partial charge in [0.1, 0.15) is 5.75 Å². The molecule has 2 aromatic carbocycles. The average molecular weight is 258 g/mol. The third kappa shape index (κ3) is 3.25. The van der Waals surface area contributed by atoms with Crippen molar-refractivity contribution in [1.82, 2.24) is 10.2 Å². The lowest BCUT2D eigenvalue weighted by atomic mass is 10.0. The molecule has 2 rings (SSSR count). The van der Waals surface area contributed by atoms with Gasteiger partial charge in [-0.15, -0.1) is 0 Å². The van der Waals surface area contributed by atoms with Gasteiger partial charge in [0, 0.05) is 25.0 Å². The Balaban J connectivity index is 2.29. The predicted octanol–water partition coefficient (Wildman–Crippen LogP) is 2.50. The molecule has 0 amide bonds. The van der Waals surface area contributed by atoms with Crippen LogP contribution in [0.4, 0.5) is 0 Å². The quantitative estimate of drug-likeness (QED) is 0.861. The molecule has 0 aromatic heterocycles. The summed E-state index contributed by atoms with van der Waals surface area (Å²) in [6.07, 6.45) is 0. The van der Waals surface area contributed by atoms with E-state index in [1.807, 2.05) is 7.05 Å². The number of rotatable bonds is 6. The smallest absolute Gasteiger partial charge is 0.126 e. The zero-order valence-electron chi connectivity index (χ0n) is 11.9. The highest BCUT2D eigenvalue weighted by Crippen LogP contribution is 2.28. The number of ether oxygens (including phenoxy) is 1. The molecule has 0 aliphatic heterocycles. The molecule has 102 valence electrons. The molecule has 0 fully saturated rings. The van der Waals surface area contributed by atoms with Crippen LogP contribution in [0.3, 0.4) is 0 Å². The SMILES string of the molecule is CNCCN(C)Cc1ccc(OC)c2ccccc12. The van der Waals surface area contributed by atoms with Crippen molar-refractivity contribution in [3.63, 3.8) is 0 Å². The van der Waals surface area contributed by atoms with Gasteiger partial charge in [0.15, 0.2) is 0 Å². The van der Waals surface area contributed by atoms with Crippen LogP contribution in [0, 0.1) is 0 Å². The van der Waals surface area contributed by atoms with Gasteiger partial charge in [-0.3, -0.25) is 0 Å². The third-order valence-electron chi connectivity index (χ3n) is 3.38.